The minimum absolute atomic E-state index is 0.0497. The average Bonchev–Trinajstić information content (AvgIpc) is 2.95. The molecule has 2 unspecified atom stereocenters. The second kappa shape index (κ2) is 8.27. The van der Waals surface area contributed by atoms with Crippen molar-refractivity contribution in [1.29, 1.82) is 0 Å². The highest BCUT2D eigenvalue weighted by Gasteiger charge is 2.43. The largest absolute Gasteiger partial charge is 0.372 e. The van der Waals surface area contributed by atoms with Crippen molar-refractivity contribution >= 4 is 17.4 Å². The summed E-state index contributed by atoms with van der Waals surface area (Å²) in [5.41, 5.74) is 4.48. The normalized spacial score (nSPS) is 22.0. The number of halogens is 1. The van der Waals surface area contributed by atoms with Gasteiger partial charge < -0.3 is 9.64 Å². The third-order valence-electron chi connectivity index (χ3n) is 5.93. The van der Waals surface area contributed by atoms with Gasteiger partial charge in [0, 0.05) is 13.1 Å². The van der Waals surface area contributed by atoms with Crippen molar-refractivity contribution in [1.82, 2.24) is 9.80 Å². The van der Waals surface area contributed by atoms with E-state index in [1.807, 2.05) is 50.8 Å². The van der Waals surface area contributed by atoms with E-state index in [-0.39, 0.29) is 36.4 Å². The smallest absolute Gasteiger partial charge is 0.278 e. The Labute approximate surface area is 182 Å². The van der Waals surface area contributed by atoms with Crippen LogP contribution < -0.4 is 0 Å². The van der Waals surface area contributed by atoms with E-state index in [0.29, 0.717) is 29.9 Å². The van der Waals surface area contributed by atoms with Gasteiger partial charge in [-0.05, 0) is 62.1 Å². The maximum Gasteiger partial charge on any atom is 0.278 e. The second-order valence-electron chi connectivity index (χ2n) is 8.51. The van der Waals surface area contributed by atoms with Crippen LogP contribution in [0.4, 0.5) is 4.39 Å². The van der Waals surface area contributed by atoms with Crippen LogP contribution >= 0.6 is 0 Å². The number of morpholine rings is 1. The van der Waals surface area contributed by atoms with Crippen molar-refractivity contribution in [3.05, 3.63) is 76.2 Å². The molecule has 0 spiro atoms. The molecule has 0 aliphatic carbocycles. The first kappa shape index (κ1) is 21.2. The van der Waals surface area contributed by atoms with Gasteiger partial charge in [0.05, 0.1) is 24.3 Å². The zero-order valence-electron chi connectivity index (χ0n) is 18.3. The van der Waals surface area contributed by atoms with Crippen LogP contribution in [0.15, 0.2) is 48.2 Å². The number of hydrogen-bond donors (Lipinski definition) is 0. The highest BCUT2D eigenvalue weighted by molar-refractivity contribution is 6.35. The van der Waals surface area contributed by atoms with Gasteiger partial charge in [-0.25, -0.2) is 4.39 Å². The number of rotatable bonds is 4. The summed E-state index contributed by atoms with van der Waals surface area (Å²) in [6.07, 6.45) is -0.0994. The SMILES string of the molecule is Cc1ccc(C2=C(N3CC(C)OC(C)C3)C(=O)N(Cc3ccc(F)cc3)C2=O)cc1C. The lowest BCUT2D eigenvalue weighted by Gasteiger charge is -2.37. The van der Waals surface area contributed by atoms with Crippen LogP contribution in [0.3, 0.4) is 0 Å². The van der Waals surface area contributed by atoms with Gasteiger partial charge in [0.25, 0.3) is 11.8 Å². The lowest BCUT2D eigenvalue weighted by atomic mass is 9.99. The molecule has 0 aromatic heterocycles. The highest BCUT2D eigenvalue weighted by atomic mass is 19.1. The topological polar surface area (TPSA) is 49.9 Å². The molecule has 2 aromatic rings. The van der Waals surface area contributed by atoms with Crippen molar-refractivity contribution < 1.29 is 18.7 Å². The van der Waals surface area contributed by atoms with Gasteiger partial charge in [0.1, 0.15) is 11.5 Å². The van der Waals surface area contributed by atoms with Gasteiger partial charge >= 0.3 is 0 Å². The van der Waals surface area contributed by atoms with E-state index in [1.54, 1.807) is 12.1 Å². The molecule has 2 aliphatic heterocycles. The Morgan fingerprint density at radius 1 is 0.935 bits per heavy atom. The number of imide groups is 1. The summed E-state index contributed by atoms with van der Waals surface area (Å²) < 4.78 is 19.1. The van der Waals surface area contributed by atoms with Crippen LogP contribution in [0.5, 0.6) is 0 Å². The molecule has 162 valence electrons. The van der Waals surface area contributed by atoms with E-state index in [1.165, 1.54) is 17.0 Å². The van der Waals surface area contributed by atoms with Crippen LogP contribution in [0.2, 0.25) is 0 Å². The predicted octanol–water partition coefficient (Wildman–Crippen LogP) is 3.83. The molecule has 1 fully saturated rings. The van der Waals surface area contributed by atoms with Crippen molar-refractivity contribution in [3.8, 4) is 0 Å². The third kappa shape index (κ3) is 4.12. The zero-order valence-corrected chi connectivity index (χ0v) is 18.3. The molecule has 4 rings (SSSR count). The van der Waals surface area contributed by atoms with E-state index in [4.69, 9.17) is 4.74 Å². The molecule has 2 aliphatic rings. The summed E-state index contributed by atoms with van der Waals surface area (Å²) in [5, 5.41) is 0. The fourth-order valence-corrected chi connectivity index (χ4v) is 4.29. The van der Waals surface area contributed by atoms with Gasteiger partial charge in [-0.15, -0.1) is 0 Å². The summed E-state index contributed by atoms with van der Waals surface area (Å²) in [6, 6.07) is 11.7. The summed E-state index contributed by atoms with van der Waals surface area (Å²) in [4.78, 5) is 30.3. The van der Waals surface area contributed by atoms with Gasteiger partial charge in [0.15, 0.2) is 0 Å². The molecule has 5 nitrogen and oxygen atoms in total. The van der Waals surface area contributed by atoms with Gasteiger partial charge in [-0.1, -0.05) is 30.3 Å². The predicted molar refractivity (Wildman–Crippen MR) is 116 cm³/mol. The molecule has 1 saturated heterocycles. The number of benzene rings is 2. The van der Waals surface area contributed by atoms with E-state index in [9.17, 15) is 14.0 Å². The van der Waals surface area contributed by atoms with Crippen LogP contribution in [0.1, 0.15) is 36.1 Å². The number of hydrogen-bond acceptors (Lipinski definition) is 4. The Kier molecular flexibility index (Phi) is 5.67. The Hall–Kier alpha value is -2.99. The lowest BCUT2D eigenvalue weighted by molar-refractivity contribution is -0.139. The molecule has 2 aromatic carbocycles. The summed E-state index contributed by atoms with van der Waals surface area (Å²) >= 11 is 0. The Balaban J connectivity index is 1.76. The second-order valence-corrected chi connectivity index (χ2v) is 8.51. The highest BCUT2D eigenvalue weighted by Crippen LogP contribution is 2.34. The van der Waals surface area contributed by atoms with Crippen LogP contribution in [-0.2, 0) is 20.9 Å². The number of amides is 2. The van der Waals surface area contributed by atoms with Crippen LogP contribution in [0, 0.1) is 19.7 Å². The molecule has 0 saturated carbocycles. The maximum absolute atomic E-state index is 13.5. The maximum atomic E-state index is 13.5. The molecule has 6 heteroatoms. The van der Waals surface area contributed by atoms with E-state index in [2.05, 4.69) is 0 Å². The first-order chi connectivity index (χ1) is 14.7. The summed E-state index contributed by atoms with van der Waals surface area (Å²) in [6.45, 7) is 9.13. The molecule has 31 heavy (non-hydrogen) atoms. The number of carbonyl (C=O) groups is 2. The molecule has 2 heterocycles. The van der Waals surface area contributed by atoms with Gasteiger partial charge in [-0.3, -0.25) is 14.5 Å². The van der Waals surface area contributed by atoms with E-state index < -0.39 is 0 Å². The average molecular weight is 423 g/mol. The molecular weight excluding hydrogens is 395 g/mol. The van der Waals surface area contributed by atoms with Crippen LogP contribution in [0.25, 0.3) is 5.57 Å². The standard InChI is InChI=1S/C25H27FN2O3/c1-15-5-8-20(11-16(15)2)22-23(27-12-17(3)31-18(4)13-27)25(30)28(24(22)29)14-19-6-9-21(26)10-7-19/h5-11,17-18H,12-14H2,1-4H3. The fraction of sp³-hybridized carbons (Fsp3) is 0.360. The molecule has 0 N–H and O–H groups in total. The molecule has 0 radical (unpaired) electrons. The van der Waals surface area contributed by atoms with Crippen LogP contribution in [-0.4, -0.2) is 46.9 Å². The fourth-order valence-electron chi connectivity index (χ4n) is 4.29. The lowest BCUT2D eigenvalue weighted by Crippen LogP contribution is -2.46. The molecule has 2 amide bonds. The number of nitrogens with zero attached hydrogens (tertiary/aromatic N) is 2. The molecule has 0 bridgehead atoms. The molecule has 2 atom stereocenters. The molecular formula is C25H27FN2O3. The zero-order chi connectivity index (χ0) is 22.3. The van der Waals surface area contributed by atoms with Gasteiger partial charge in [-0.2, -0.15) is 0 Å². The Morgan fingerprint density at radius 3 is 2.19 bits per heavy atom. The summed E-state index contributed by atoms with van der Waals surface area (Å²) in [5.74, 6) is -0.989. The summed E-state index contributed by atoms with van der Waals surface area (Å²) in [7, 11) is 0. The van der Waals surface area contributed by atoms with Crippen molar-refractivity contribution in [2.75, 3.05) is 13.1 Å². The quantitative estimate of drug-likeness (QED) is 0.703. The minimum Gasteiger partial charge on any atom is -0.372 e. The minimum atomic E-state index is -0.353. The monoisotopic (exact) mass is 422 g/mol. The first-order valence-corrected chi connectivity index (χ1v) is 10.6. The Bertz CT molecular complexity index is 1050. The van der Waals surface area contributed by atoms with E-state index in [0.717, 1.165) is 16.7 Å². The first-order valence-electron chi connectivity index (χ1n) is 10.6. The third-order valence-corrected chi connectivity index (χ3v) is 5.93. The Morgan fingerprint density at radius 2 is 1.58 bits per heavy atom. The van der Waals surface area contributed by atoms with Crippen molar-refractivity contribution in [3.63, 3.8) is 0 Å². The van der Waals surface area contributed by atoms with Crippen molar-refractivity contribution in [2.24, 2.45) is 0 Å². The number of ether oxygens (including phenoxy) is 1. The van der Waals surface area contributed by atoms with Crippen molar-refractivity contribution in [2.45, 2.75) is 46.4 Å². The van der Waals surface area contributed by atoms with Gasteiger partial charge in [0.2, 0.25) is 0 Å². The number of aryl methyl sites for hydroxylation is 2. The number of carbonyl (C=O) groups excluding carboxylic acids is 2. The van der Waals surface area contributed by atoms with E-state index >= 15 is 0 Å².